The van der Waals surface area contributed by atoms with Crippen molar-refractivity contribution in [1.82, 2.24) is 0 Å². The first-order valence-corrected chi connectivity index (χ1v) is 8.71. The van der Waals surface area contributed by atoms with E-state index in [1.54, 1.807) is 0 Å². The Hall–Kier alpha value is -2.87. The lowest BCUT2D eigenvalue weighted by molar-refractivity contribution is -0.117. The number of carbonyl (C=O) groups excluding carboxylic acids is 1. The third kappa shape index (κ3) is 3.20. The molecule has 4 rings (SSSR count). The van der Waals surface area contributed by atoms with Crippen LogP contribution >= 0.6 is 0 Å². The first kappa shape index (κ1) is 15.6. The Morgan fingerprint density at radius 1 is 0.720 bits per heavy atom. The molecular formula is C23H21NO. The maximum absolute atomic E-state index is 12.9. The second-order valence-electron chi connectivity index (χ2n) is 6.75. The van der Waals surface area contributed by atoms with Gasteiger partial charge in [-0.1, -0.05) is 78.4 Å². The van der Waals surface area contributed by atoms with Crippen LogP contribution in [0.25, 0.3) is 0 Å². The van der Waals surface area contributed by atoms with Crippen LogP contribution in [-0.4, -0.2) is 5.91 Å². The van der Waals surface area contributed by atoms with Crippen molar-refractivity contribution in [3.8, 4) is 0 Å². The first-order chi connectivity index (χ1) is 12.2. The Bertz CT molecular complexity index is 810. The zero-order valence-corrected chi connectivity index (χ0v) is 14.2. The van der Waals surface area contributed by atoms with E-state index >= 15 is 0 Å². The second-order valence-corrected chi connectivity index (χ2v) is 6.75. The van der Waals surface area contributed by atoms with Crippen LogP contribution in [0.3, 0.4) is 0 Å². The molecule has 0 bridgehead atoms. The standard InChI is InChI=1S/C23H21NO/c1-16-12-14-19(15-13-16)24-23(25)22-20(17-8-4-2-5-9-17)21(22)18-10-6-3-7-11-18/h2-15,20-22H,1H3,(H,24,25)/t20-,21-/m1/s1. The minimum Gasteiger partial charge on any atom is -0.326 e. The average Bonchev–Trinajstić information content (AvgIpc) is 3.41. The monoisotopic (exact) mass is 327 g/mol. The van der Waals surface area contributed by atoms with Gasteiger partial charge in [-0.2, -0.15) is 0 Å². The fourth-order valence-electron chi connectivity index (χ4n) is 3.68. The molecule has 124 valence electrons. The molecule has 0 unspecified atom stereocenters. The van der Waals surface area contributed by atoms with E-state index in [9.17, 15) is 4.79 Å². The Balaban J connectivity index is 1.59. The van der Waals surface area contributed by atoms with Gasteiger partial charge in [-0.3, -0.25) is 4.79 Å². The number of rotatable bonds is 4. The average molecular weight is 327 g/mol. The van der Waals surface area contributed by atoms with Gasteiger partial charge in [0.15, 0.2) is 0 Å². The lowest BCUT2D eigenvalue weighted by atomic mass is 10.0. The Morgan fingerprint density at radius 2 is 1.20 bits per heavy atom. The van der Waals surface area contributed by atoms with Crippen molar-refractivity contribution >= 4 is 11.6 Å². The van der Waals surface area contributed by atoms with E-state index in [0.29, 0.717) is 0 Å². The zero-order valence-electron chi connectivity index (χ0n) is 14.2. The summed E-state index contributed by atoms with van der Waals surface area (Å²) in [4.78, 5) is 12.9. The van der Waals surface area contributed by atoms with Gasteiger partial charge in [0, 0.05) is 17.5 Å². The summed E-state index contributed by atoms with van der Waals surface area (Å²) in [5, 5.41) is 3.09. The minimum atomic E-state index is -0.0221. The van der Waals surface area contributed by atoms with Crippen molar-refractivity contribution in [3.05, 3.63) is 102 Å². The maximum atomic E-state index is 12.9. The molecule has 1 N–H and O–H groups in total. The molecule has 0 aromatic heterocycles. The highest BCUT2D eigenvalue weighted by molar-refractivity contribution is 5.96. The lowest BCUT2D eigenvalue weighted by Gasteiger charge is -2.05. The molecule has 2 nitrogen and oxygen atoms in total. The molecular weight excluding hydrogens is 306 g/mol. The van der Waals surface area contributed by atoms with Crippen LogP contribution in [0.5, 0.6) is 0 Å². The third-order valence-corrected chi connectivity index (χ3v) is 5.01. The summed E-state index contributed by atoms with van der Waals surface area (Å²) in [6, 6.07) is 28.7. The summed E-state index contributed by atoms with van der Waals surface area (Å²) in [5.41, 5.74) is 4.52. The van der Waals surface area contributed by atoms with E-state index in [-0.39, 0.29) is 23.7 Å². The summed E-state index contributed by atoms with van der Waals surface area (Å²) in [6.45, 7) is 2.04. The highest BCUT2D eigenvalue weighted by Crippen LogP contribution is 2.60. The van der Waals surface area contributed by atoms with E-state index in [4.69, 9.17) is 0 Å². The summed E-state index contributed by atoms with van der Waals surface area (Å²) in [6.07, 6.45) is 0. The van der Waals surface area contributed by atoms with Crippen LogP contribution in [0.15, 0.2) is 84.9 Å². The highest BCUT2D eigenvalue weighted by Gasteiger charge is 2.55. The third-order valence-electron chi connectivity index (χ3n) is 5.01. The molecule has 1 amide bonds. The summed E-state index contributed by atoms with van der Waals surface area (Å²) in [7, 11) is 0. The fourth-order valence-corrected chi connectivity index (χ4v) is 3.68. The Morgan fingerprint density at radius 3 is 1.68 bits per heavy atom. The molecule has 0 aliphatic heterocycles. The molecule has 2 heteroatoms. The van der Waals surface area contributed by atoms with Crippen LogP contribution in [0.4, 0.5) is 5.69 Å². The molecule has 0 saturated heterocycles. The molecule has 3 aromatic rings. The van der Waals surface area contributed by atoms with E-state index in [0.717, 1.165) is 5.69 Å². The number of hydrogen-bond donors (Lipinski definition) is 1. The molecule has 1 aliphatic carbocycles. The van der Waals surface area contributed by atoms with Crippen molar-refractivity contribution in [1.29, 1.82) is 0 Å². The maximum Gasteiger partial charge on any atom is 0.228 e. The summed E-state index contributed by atoms with van der Waals surface area (Å²) in [5.74, 6) is 0.570. The van der Waals surface area contributed by atoms with E-state index in [2.05, 4.69) is 29.6 Å². The molecule has 3 aromatic carbocycles. The number of benzene rings is 3. The zero-order chi connectivity index (χ0) is 17.2. The second kappa shape index (κ2) is 6.56. The largest absolute Gasteiger partial charge is 0.326 e. The summed E-state index contributed by atoms with van der Waals surface area (Å²) >= 11 is 0. The number of amides is 1. The molecule has 2 atom stereocenters. The number of carbonyl (C=O) groups is 1. The number of nitrogens with one attached hydrogen (secondary N) is 1. The SMILES string of the molecule is Cc1ccc(NC(=O)C2[C@H](c3ccccc3)[C@H]2c2ccccc2)cc1. The van der Waals surface area contributed by atoms with Crippen LogP contribution < -0.4 is 5.32 Å². The summed E-state index contributed by atoms with van der Waals surface area (Å²) < 4.78 is 0. The van der Waals surface area contributed by atoms with Gasteiger partial charge in [0.25, 0.3) is 0 Å². The van der Waals surface area contributed by atoms with Crippen molar-refractivity contribution in [2.75, 3.05) is 5.32 Å². The molecule has 1 aliphatic rings. The van der Waals surface area contributed by atoms with Gasteiger partial charge in [-0.15, -0.1) is 0 Å². The molecule has 0 spiro atoms. The Labute approximate surface area is 148 Å². The number of hydrogen-bond acceptors (Lipinski definition) is 1. The van der Waals surface area contributed by atoms with Crippen LogP contribution in [0.2, 0.25) is 0 Å². The van der Waals surface area contributed by atoms with Crippen LogP contribution in [0.1, 0.15) is 28.5 Å². The topological polar surface area (TPSA) is 29.1 Å². The van der Waals surface area contributed by atoms with Gasteiger partial charge in [-0.05, 0) is 30.2 Å². The number of anilines is 1. The normalized spacial score (nSPS) is 21.6. The molecule has 1 fully saturated rings. The molecule has 1 saturated carbocycles. The first-order valence-electron chi connectivity index (χ1n) is 8.71. The van der Waals surface area contributed by atoms with E-state index in [1.165, 1.54) is 16.7 Å². The smallest absolute Gasteiger partial charge is 0.228 e. The van der Waals surface area contributed by atoms with Crippen molar-refractivity contribution in [3.63, 3.8) is 0 Å². The quantitative estimate of drug-likeness (QED) is 0.707. The van der Waals surface area contributed by atoms with E-state index in [1.807, 2.05) is 67.6 Å². The van der Waals surface area contributed by atoms with Gasteiger partial charge < -0.3 is 5.32 Å². The fraction of sp³-hybridized carbons (Fsp3) is 0.174. The van der Waals surface area contributed by atoms with Gasteiger partial charge in [0.2, 0.25) is 5.91 Å². The molecule has 0 radical (unpaired) electrons. The predicted molar refractivity (Wildman–Crippen MR) is 102 cm³/mol. The van der Waals surface area contributed by atoms with Crippen molar-refractivity contribution in [2.24, 2.45) is 5.92 Å². The Kier molecular flexibility index (Phi) is 4.10. The van der Waals surface area contributed by atoms with E-state index < -0.39 is 0 Å². The minimum absolute atomic E-state index is 0.0221. The van der Waals surface area contributed by atoms with Crippen LogP contribution in [0, 0.1) is 12.8 Å². The van der Waals surface area contributed by atoms with Crippen molar-refractivity contribution < 1.29 is 4.79 Å². The number of aryl methyl sites for hydroxylation is 1. The molecule has 25 heavy (non-hydrogen) atoms. The lowest BCUT2D eigenvalue weighted by Crippen LogP contribution is -2.15. The van der Waals surface area contributed by atoms with Gasteiger partial charge in [0.1, 0.15) is 0 Å². The molecule has 0 heterocycles. The van der Waals surface area contributed by atoms with Crippen molar-refractivity contribution in [2.45, 2.75) is 18.8 Å². The highest BCUT2D eigenvalue weighted by atomic mass is 16.2. The van der Waals surface area contributed by atoms with Gasteiger partial charge in [-0.25, -0.2) is 0 Å². The van der Waals surface area contributed by atoms with Gasteiger partial charge in [0.05, 0.1) is 5.92 Å². The van der Waals surface area contributed by atoms with Crippen LogP contribution in [-0.2, 0) is 4.79 Å². The van der Waals surface area contributed by atoms with Gasteiger partial charge >= 0.3 is 0 Å². The predicted octanol–water partition coefficient (Wildman–Crippen LogP) is 5.13.